The van der Waals surface area contributed by atoms with E-state index >= 15 is 0 Å². The molecule has 3 rings (SSSR count). The zero-order valence-corrected chi connectivity index (χ0v) is 13.9. The second-order valence-electron chi connectivity index (χ2n) is 4.61. The fraction of sp³-hybridized carbons (Fsp3) is 0.0769. The highest BCUT2D eigenvalue weighted by Crippen LogP contribution is 2.33. The minimum atomic E-state index is -4.70. The minimum absolute atomic E-state index is 0.106. The highest BCUT2D eigenvalue weighted by Gasteiger charge is 2.33. The van der Waals surface area contributed by atoms with Crippen LogP contribution in [0.3, 0.4) is 0 Å². The number of nitrogens with one attached hydrogen (secondary N) is 1. The maximum Gasteiger partial charge on any atom is 0.433 e. The third-order valence-electron chi connectivity index (χ3n) is 2.96. The molecule has 0 aliphatic carbocycles. The van der Waals surface area contributed by atoms with Gasteiger partial charge in [-0.2, -0.15) is 13.2 Å². The van der Waals surface area contributed by atoms with Crippen LogP contribution in [0.2, 0.25) is 5.02 Å². The predicted octanol–water partition coefficient (Wildman–Crippen LogP) is 4.16. The Morgan fingerprint density at radius 1 is 1.21 bits per heavy atom. The molecule has 126 valence electrons. The van der Waals surface area contributed by atoms with Crippen molar-refractivity contribution in [3.8, 4) is 0 Å². The van der Waals surface area contributed by atoms with Crippen molar-refractivity contribution < 1.29 is 21.6 Å². The van der Waals surface area contributed by atoms with E-state index in [0.717, 1.165) is 6.20 Å². The summed E-state index contributed by atoms with van der Waals surface area (Å²) in [5.41, 5.74) is -1.24. The van der Waals surface area contributed by atoms with E-state index in [0.29, 0.717) is 21.2 Å². The van der Waals surface area contributed by atoms with E-state index in [2.05, 4.69) is 9.97 Å². The van der Waals surface area contributed by atoms with Crippen LogP contribution in [0.5, 0.6) is 0 Å². The maximum atomic E-state index is 12.6. The first-order chi connectivity index (χ1) is 11.2. The van der Waals surface area contributed by atoms with Gasteiger partial charge in [0.2, 0.25) is 5.95 Å². The van der Waals surface area contributed by atoms with Crippen LogP contribution in [0.15, 0.2) is 40.7 Å². The number of aromatic nitrogens is 2. The number of nitrogens with zero attached hydrogens (tertiary/aromatic N) is 2. The zero-order chi connectivity index (χ0) is 17.5. The van der Waals surface area contributed by atoms with Crippen molar-refractivity contribution in [2.75, 3.05) is 4.72 Å². The Balaban J connectivity index is 2.01. The van der Waals surface area contributed by atoms with Crippen LogP contribution < -0.4 is 4.72 Å². The SMILES string of the molecule is O=S(=O)(Nc1nccc(C(F)(F)F)n1)c1csc2ccc(Cl)cc12. The Morgan fingerprint density at radius 3 is 2.67 bits per heavy atom. The number of halogens is 4. The minimum Gasteiger partial charge on any atom is -0.247 e. The van der Waals surface area contributed by atoms with E-state index in [1.807, 2.05) is 4.72 Å². The van der Waals surface area contributed by atoms with E-state index in [9.17, 15) is 21.6 Å². The average molecular weight is 394 g/mol. The largest absolute Gasteiger partial charge is 0.433 e. The summed E-state index contributed by atoms with van der Waals surface area (Å²) >= 11 is 7.04. The second kappa shape index (κ2) is 5.87. The first-order valence-electron chi connectivity index (χ1n) is 6.27. The number of benzene rings is 1. The summed E-state index contributed by atoms with van der Waals surface area (Å²) in [6, 6.07) is 5.38. The number of hydrogen-bond donors (Lipinski definition) is 1. The molecule has 0 fully saturated rings. The van der Waals surface area contributed by atoms with Crippen molar-refractivity contribution in [3.05, 3.63) is 46.6 Å². The molecule has 0 bridgehead atoms. The monoisotopic (exact) mass is 393 g/mol. The van der Waals surface area contributed by atoms with Gasteiger partial charge in [0.15, 0.2) is 0 Å². The third-order valence-corrected chi connectivity index (χ3v) is 5.68. The van der Waals surface area contributed by atoms with Crippen LogP contribution in [0.25, 0.3) is 10.1 Å². The lowest BCUT2D eigenvalue weighted by atomic mass is 10.3. The molecule has 3 aromatic rings. The van der Waals surface area contributed by atoms with Crippen LogP contribution in [0.4, 0.5) is 19.1 Å². The molecule has 0 spiro atoms. The van der Waals surface area contributed by atoms with Crippen molar-refractivity contribution in [3.63, 3.8) is 0 Å². The van der Waals surface area contributed by atoms with E-state index in [1.54, 1.807) is 12.1 Å². The van der Waals surface area contributed by atoms with Crippen LogP contribution >= 0.6 is 22.9 Å². The van der Waals surface area contributed by atoms with Gasteiger partial charge in [-0.05, 0) is 24.3 Å². The molecular formula is C13H7ClF3N3O2S2. The van der Waals surface area contributed by atoms with Gasteiger partial charge in [-0.1, -0.05) is 11.6 Å². The van der Waals surface area contributed by atoms with Gasteiger partial charge in [-0.15, -0.1) is 11.3 Å². The smallest absolute Gasteiger partial charge is 0.247 e. The van der Waals surface area contributed by atoms with Gasteiger partial charge in [0, 0.05) is 26.7 Å². The highest BCUT2D eigenvalue weighted by molar-refractivity contribution is 7.93. The molecule has 0 saturated heterocycles. The van der Waals surface area contributed by atoms with E-state index in [4.69, 9.17) is 11.6 Å². The van der Waals surface area contributed by atoms with Gasteiger partial charge < -0.3 is 0 Å². The second-order valence-corrected chi connectivity index (χ2v) is 7.61. The number of thiophene rings is 1. The quantitative estimate of drug-likeness (QED) is 0.725. The summed E-state index contributed by atoms with van der Waals surface area (Å²) in [5, 5.41) is 2.08. The van der Waals surface area contributed by atoms with E-state index in [1.165, 1.54) is 22.8 Å². The summed E-state index contributed by atoms with van der Waals surface area (Å²) in [5.74, 6) is -0.661. The summed E-state index contributed by atoms with van der Waals surface area (Å²) in [4.78, 5) is 6.60. The van der Waals surface area contributed by atoms with Crippen molar-refractivity contribution in [1.82, 2.24) is 9.97 Å². The number of alkyl halides is 3. The molecule has 0 amide bonds. The number of sulfonamides is 1. The number of hydrogen-bond acceptors (Lipinski definition) is 5. The molecule has 11 heteroatoms. The van der Waals surface area contributed by atoms with Crippen LogP contribution in [-0.4, -0.2) is 18.4 Å². The Labute approximate surface area is 143 Å². The standard InChI is InChI=1S/C13H7ClF3N3O2S2/c14-7-1-2-9-8(5-7)10(6-23-9)24(21,22)20-12-18-4-3-11(19-12)13(15,16)17/h1-6H,(H,18,19,20). The molecule has 0 radical (unpaired) electrons. The predicted molar refractivity (Wildman–Crippen MR) is 84.7 cm³/mol. The van der Waals surface area contributed by atoms with Crippen LogP contribution in [-0.2, 0) is 16.2 Å². The van der Waals surface area contributed by atoms with Crippen LogP contribution in [0.1, 0.15) is 5.69 Å². The van der Waals surface area contributed by atoms with E-state index in [-0.39, 0.29) is 4.90 Å². The molecule has 0 unspecified atom stereocenters. The molecular weight excluding hydrogens is 387 g/mol. The lowest BCUT2D eigenvalue weighted by Gasteiger charge is -2.09. The van der Waals surface area contributed by atoms with Crippen molar-refractivity contribution in [1.29, 1.82) is 0 Å². The fourth-order valence-corrected chi connectivity index (χ4v) is 4.53. The topological polar surface area (TPSA) is 72.0 Å². The molecule has 0 atom stereocenters. The van der Waals surface area contributed by atoms with Gasteiger partial charge in [0.05, 0.1) is 0 Å². The number of fused-ring (bicyclic) bond motifs is 1. The fourth-order valence-electron chi connectivity index (χ4n) is 1.93. The van der Waals surface area contributed by atoms with Gasteiger partial charge in [-0.3, -0.25) is 0 Å². The van der Waals surface area contributed by atoms with Gasteiger partial charge in [0.25, 0.3) is 10.0 Å². The summed E-state index contributed by atoms with van der Waals surface area (Å²) < 4.78 is 65.4. The molecule has 0 saturated carbocycles. The molecule has 1 N–H and O–H groups in total. The van der Waals surface area contributed by atoms with Gasteiger partial charge >= 0.3 is 6.18 Å². The number of anilines is 1. The molecule has 0 aliphatic heterocycles. The lowest BCUT2D eigenvalue weighted by molar-refractivity contribution is -0.141. The lowest BCUT2D eigenvalue weighted by Crippen LogP contribution is -2.17. The van der Waals surface area contributed by atoms with Gasteiger partial charge in [0.1, 0.15) is 10.6 Å². The molecule has 2 heterocycles. The van der Waals surface area contributed by atoms with Gasteiger partial charge in [-0.25, -0.2) is 23.1 Å². The van der Waals surface area contributed by atoms with Crippen molar-refractivity contribution in [2.24, 2.45) is 0 Å². The normalized spacial score (nSPS) is 12.5. The Bertz CT molecular complexity index is 1020. The molecule has 1 aromatic carbocycles. The van der Waals surface area contributed by atoms with Crippen molar-refractivity contribution >= 4 is 49.0 Å². The van der Waals surface area contributed by atoms with Crippen molar-refractivity contribution in [2.45, 2.75) is 11.1 Å². The Morgan fingerprint density at radius 2 is 1.96 bits per heavy atom. The van der Waals surface area contributed by atoms with E-state index < -0.39 is 27.8 Å². The zero-order valence-electron chi connectivity index (χ0n) is 11.5. The maximum absolute atomic E-state index is 12.6. The third kappa shape index (κ3) is 3.30. The van der Waals surface area contributed by atoms with Crippen LogP contribution in [0, 0.1) is 0 Å². The molecule has 24 heavy (non-hydrogen) atoms. The summed E-state index contributed by atoms with van der Waals surface area (Å²) in [6.45, 7) is 0. The Hall–Kier alpha value is -1.91. The molecule has 5 nitrogen and oxygen atoms in total. The molecule has 2 aromatic heterocycles. The molecule has 0 aliphatic rings. The summed E-state index contributed by atoms with van der Waals surface area (Å²) in [6.07, 6.45) is -3.87. The summed E-state index contributed by atoms with van der Waals surface area (Å²) in [7, 11) is -4.17. The average Bonchev–Trinajstić information content (AvgIpc) is 2.90. The first kappa shape index (κ1) is 16.9. The Kier molecular flexibility index (Phi) is 4.14. The highest BCUT2D eigenvalue weighted by atomic mass is 35.5. The number of rotatable bonds is 3. The first-order valence-corrected chi connectivity index (χ1v) is 9.01.